The molecule has 1 heteroatoms. The molecule has 0 heterocycles. The summed E-state index contributed by atoms with van der Waals surface area (Å²) in [6.45, 7) is 22.1. The van der Waals surface area contributed by atoms with Gasteiger partial charge >= 0.3 is 0 Å². The minimum absolute atomic E-state index is 0.0371. The van der Waals surface area contributed by atoms with Gasteiger partial charge < -0.3 is 4.90 Å². The van der Waals surface area contributed by atoms with Gasteiger partial charge in [-0.3, -0.25) is 0 Å². The van der Waals surface area contributed by atoms with E-state index in [2.05, 4.69) is 249 Å². The molecule has 11 rings (SSSR count). The molecule has 0 saturated carbocycles. The van der Waals surface area contributed by atoms with E-state index in [0.29, 0.717) is 0 Å². The van der Waals surface area contributed by atoms with Crippen molar-refractivity contribution in [2.75, 3.05) is 4.90 Å². The van der Waals surface area contributed by atoms with Crippen LogP contribution in [0.4, 0.5) is 17.1 Å². The van der Waals surface area contributed by atoms with E-state index >= 15 is 0 Å². The third kappa shape index (κ3) is 6.78. The Hall–Kier alpha value is -6.44. The first kappa shape index (κ1) is 43.1. The lowest BCUT2D eigenvalue weighted by molar-refractivity contribution is 0.332. The van der Waals surface area contributed by atoms with E-state index < -0.39 is 5.41 Å². The summed E-state index contributed by atoms with van der Waals surface area (Å²) < 4.78 is 0. The van der Waals surface area contributed by atoms with Crippen LogP contribution in [0.1, 0.15) is 131 Å². The number of aryl methyl sites for hydroxylation is 1. The van der Waals surface area contributed by atoms with E-state index in [1.807, 2.05) is 0 Å². The zero-order valence-corrected chi connectivity index (χ0v) is 41.1. The van der Waals surface area contributed by atoms with Gasteiger partial charge in [-0.15, -0.1) is 0 Å². The van der Waals surface area contributed by atoms with Crippen molar-refractivity contribution >= 4 is 17.1 Å². The monoisotopic (exact) mass is 872 g/mol. The molecule has 0 fully saturated rings. The molecule has 334 valence electrons. The smallest absolute Gasteiger partial charge is 0.0714 e. The van der Waals surface area contributed by atoms with E-state index in [-0.39, 0.29) is 21.7 Å². The van der Waals surface area contributed by atoms with E-state index in [4.69, 9.17) is 0 Å². The molecule has 0 atom stereocenters. The molecule has 1 nitrogen and oxygen atoms in total. The van der Waals surface area contributed by atoms with E-state index in [0.717, 1.165) is 24.9 Å². The Morgan fingerprint density at radius 2 is 0.851 bits per heavy atom. The van der Waals surface area contributed by atoms with Crippen molar-refractivity contribution < 1.29 is 0 Å². The Labute approximate surface area is 400 Å². The Balaban J connectivity index is 1.30. The zero-order chi connectivity index (χ0) is 46.5. The summed E-state index contributed by atoms with van der Waals surface area (Å²) in [5.41, 5.74) is 23.3. The molecule has 3 aliphatic rings. The summed E-state index contributed by atoms with van der Waals surface area (Å²) in [7, 11) is 0. The number of anilines is 3. The Morgan fingerprint density at radius 1 is 0.343 bits per heavy atom. The van der Waals surface area contributed by atoms with Crippen molar-refractivity contribution in [3.63, 3.8) is 0 Å². The third-order valence-corrected chi connectivity index (χ3v) is 16.6. The molecular weight excluding hydrogens is 807 g/mol. The van der Waals surface area contributed by atoms with E-state index in [1.54, 1.807) is 0 Å². The SMILES string of the molecule is Cc1cc2c(cc1-c1cc3c(cc1N(c1ccc(-c4ccccc4)cc1)c1cccc4c1C(C)(C)CCC4(C)C)C(c1ccccc1)(c1ccccc1)c1ccccc1-3)C(C)(C)CCC2(C)C. The van der Waals surface area contributed by atoms with Gasteiger partial charge in [-0.2, -0.15) is 0 Å². The first-order chi connectivity index (χ1) is 32.1. The van der Waals surface area contributed by atoms with Crippen LogP contribution >= 0.6 is 0 Å². The molecule has 0 aromatic heterocycles. The number of nitrogens with zero attached hydrogens (tertiary/aromatic N) is 1. The van der Waals surface area contributed by atoms with E-state index in [9.17, 15) is 0 Å². The maximum Gasteiger partial charge on any atom is 0.0714 e. The molecule has 0 aliphatic heterocycles. The average Bonchev–Trinajstić information content (AvgIpc) is 3.63. The summed E-state index contributed by atoms with van der Waals surface area (Å²) in [4.78, 5) is 2.67. The van der Waals surface area contributed by atoms with Gasteiger partial charge in [0.2, 0.25) is 0 Å². The second-order valence-electron chi connectivity index (χ2n) is 22.6. The highest BCUT2D eigenvalue weighted by Crippen LogP contribution is 2.61. The molecule has 8 aromatic rings. The maximum absolute atomic E-state index is 2.67. The maximum atomic E-state index is 2.67. The van der Waals surface area contributed by atoms with Crippen LogP contribution in [0.2, 0.25) is 0 Å². The van der Waals surface area contributed by atoms with Crippen LogP contribution < -0.4 is 4.90 Å². The lowest BCUT2D eigenvalue weighted by atomic mass is 9.62. The van der Waals surface area contributed by atoms with Gasteiger partial charge in [0.25, 0.3) is 0 Å². The normalized spacial score (nSPS) is 17.7. The molecule has 0 spiro atoms. The van der Waals surface area contributed by atoms with Crippen LogP contribution in [-0.2, 0) is 27.1 Å². The van der Waals surface area contributed by atoms with Crippen molar-refractivity contribution in [1.82, 2.24) is 0 Å². The fraction of sp³-hybridized carbons (Fsp3) is 0.273. The van der Waals surface area contributed by atoms with Crippen molar-refractivity contribution in [1.29, 1.82) is 0 Å². The molecule has 8 aromatic carbocycles. The van der Waals surface area contributed by atoms with E-state index in [1.165, 1.54) is 101 Å². The number of hydrogen-bond acceptors (Lipinski definition) is 1. The Bertz CT molecular complexity index is 3130. The Morgan fingerprint density at radius 3 is 1.48 bits per heavy atom. The highest BCUT2D eigenvalue weighted by atomic mass is 15.1. The van der Waals surface area contributed by atoms with Crippen LogP contribution in [0, 0.1) is 6.92 Å². The Kier molecular flexibility index (Phi) is 10.0. The lowest BCUT2D eigenvalue weighted by Crippen LogP contribution is -2.35. The summed E-state index contributed by atoms with van der Waals surface area (Å²) in [6.07, 6.45) is 4.63. The number of fused-ring (bicyclic) bond motifs is 5. The molecular formula is C66H65N. The number of rotatable bonds is 7. The largest absolute Gasteiger partial charge is 0.310 e. The van der Waals surface area contributed by atoms with Crippen molar-refractivity contribution in [3.8, 4) is 33.4 Å². The van der Waals surface area contributed by atoms with Gasteiger partial charge in [0.05, 0.1) is 16.8 Å². The molecule has 0 unspecified atom stereocenters. The standard InChI is InChI=1S/C66H65N/c1-44-40-57-58(64(6,7)37-36-63(57,4)5)42-51(44)53-41-52-50-28-19-20-29-54(50)66(47-24-15-11-16-25-47,48-26-17-12-18-27-48)56(52)43-60(53)67(49-34-32-46(33-35-49)45-22-13-10-14-23-45)59-31-21-30-55-61(59)65(8,9)39-38-62(55,2)3/h10-35,40-43H,36-39H2,1-9H3. The first-order valence-electron chi connectivity index (χ1n) is 24.8. The number of benzene rings is 8. The molecule has 67 heavy (non-hydrogen) atoms. The molecule has 3 aliphatic carbocycles. The van der Waals surface area contributed by atoms with Gasteiger partial charge in [-0.05, 0) is 169 Å². The molecule has 0 amide bonds. The van der Waals surface area contributed by atoms with Crippen LogP contribution in [0.5, 0.6) is 0 Å². The first-order valence-corrected chi connectivity index (χ1v) is 24.8. The van der Waals surface area contributed by atoms with Crippen LogP contribution in [0.3, 0.4) is 0 Å². The minimum atomic E-state index is -0.557. The van der Waals surface area contributed by atoms with Crippen molar-refractivity contribution in [2.45, 2.75) is 115 Å². The van der Waals surface area contributed by atoms with Crippen LogP contribution in [0.15, 0.2) is 182 Å². The summed E-state index contributed by atoms with van der Waals surface area (Å²) in [5, 5.41) is 0. The summed E-state index contributed by atoms with van der Waals surface area (Å²) in [5.74, 6) is 0. The van der Waals surface area contributed by atoms with Gasteiger partial charge in [0.15, 0.2) is 0 Å². The third-order valence-electron chi connectivity index (χ3n) is 16.6. The summed E-state index contributed by atoms with van der Waals surface area (Å²) in [6, 6.07) is 69.6. The van der Waals surface area contributed by atoms with Gasteiger partial charge in [0.1, 0.15) is 0 Å². The lowest BCUT2D eigenvalue weighted by Gasteiger charge is -2.45. The quantitative estimate of drug-likeness (QED) is 0.154. The van der Waals surface area contributed by atoms with Crippen molar-refractivity contribution in [2.24, 2.45) is 0 Å². The highest BCUT2D eigenvalue weighted by Gasteiger charge is 2.48. The second kappa shape index (κ2) is 15.6. The van der Waals surface area contributed by atoms with Crippen molar-refractivity contribution in [3.05, 3.63) is 232 Å². The highest BCUT2D eigenvalue weighted by molar-refractivity contribution is 5.98. The second-order valence-corrected chi connectivity index (χ2v) is 22.6. The van der Waals surface area contributed by atoms with Gasteiger partial charge in [0, 0.05) is 11.3 Å². The predicted octanol–water partition coefficient (Wildman–Crippen LogP) is 17.9. The molecule has 0 bridgehead atoms. The minimum Gasteiger partial charge on any atom is -0.310 e. The zero-order valence-electron chi connectivity index (χ0n) is 41.1. The van der Waals surface area contributed by atoms with Gasteiger partial charge in [-0.1, -0.05) is 201 Å². The molecule has 0 saturated heterocycles. The van der Waals surface area contributed by atoms with Crippen LogP contribution in [0.25, 0.3) is 33.4 Å². The van der Waals surface area contributed by atoms with Gasteiger partial charge in [-0.25, -0.2) is 0 Å². The van der Waals surface area contributed by atoms with Crippen LogP contribution in [-0.4, -0.2) is 0 Å². The topological polar surface area (TPSA) is 3.24 Å². The fourth-order valence-corrected chi connectivity index (χ4v) is 12.6. The molecule has 0 N–H and O–H groups in total. The average molecular weight is 872 g/mol. The molecule has 0 radical (unpaired) electrons. The number of hydrogen-bond donors (Lipinski definition) is 0. The summed E-state index contributed by atoms with van der Waals surface area (Å²) >= 11 is 0. The fourth-order valence-electron chi connectivity index (χ4n) is 12.6. The predicted molar refractivity (Wildman–Crippen MR) is 285 cm³/mol.